The Kier molecular flexibility index (Phi) is 2.89. The van der Waals surface area contributed by atoms with Crippen LogP contribution in [0.4, 0.5) is 0 Å². The summed E-state index contributed by atoms with van der Waals surface area (Å²) in [6.45, 7) is 8.53. The Morgan fingerprint density at radius 1 is 1.17 bits per heavy atom. The first-order valence-electron chi connectivity index (χ1n) is 8.61. The number of carbonyl (C=O) groups excluding carboxylic acids is 2. The molecular weight excluding hydrogens is 288 g/mol. The summed E-state index contributed by atoms with van der Waals surface area (Å²) in [5, 5.41) is 0. The molecule has 1 aromatic carbocycles. The van der Waals surface area contributed by atoms with Crippen LogP contribution in [0.1, 0.15) is 68.4 Å². The molecule has 122 valence electrons. The maximum absolute atomic E-state index is 12.5. The van der Waals surface area contributed by atoms with Crippen molar-refractivity contribution in [3.05, 3.63) is 34.4 Å². The molecule has 0 saturated heterocycles. The Hall–Kier alpha value is -1.64. The fraction of sp³-hybridized carbons (Fsp3) is 0.600. The van der Waals surface area contributed by atoms with Crippen molar-refractivity contribution in [2.75, 3.05) is 0 Å². The minimum absolute atomic E-state index is 0.00452. The fourth-order valence-electron chi connectivity index (χ4n) is 5.40. The third kappa shape index (κ3) is 1.82. The van der Waals surface area contributed by atoms with E-state index in [1.165, 1.54) is 16.7 Å². The lowest BCUT2D eigenvalue weighted by Crippen LogP contribution is -2.53. The summed E-state index contributed by atoms with van der Waals surface area (Å²) in [7, 11) is 0. The topological polar surface area (TPSA) is 43.4 Å². The predicted molar refractivity (Wildman–Crippen MR) is 87.2 cm³/mol. The third-order valence-corrected chi connectivity index (χ3v) is 6.80. The van der Waals surface area contributed by atoms with Gasteiger partial charge in [-0.25, -0.2) is 0 Å². The quantitative estimate of drug-likeness (QED) is 0.684. The molecule has 0 N–H and O–H groups in total. The molecule has 3 heteroatoms. The van der Waals surface area contributed by atoms with Gasteiger partial charge in [0.05, 0.1) is 6.42 Å². The number of ether oxygens (including phenoxy) is 1. The highest BCUT2D eigenvalue weighted by atomic mass is 16.5. The Bertz CT molecular complexity index is 731. The highest BCUT2D eigenvalue weighted by Gasteiger charge is 2.56. The van der Waals surface area contributed by atoms with Crippen LogP contribution in [0.3, 0.4) is 0 Å². The van der Waals surface area contributed by atoms with Crippen molar-refractivity contribution < 1.29 is 14.3 Å². The molecule has 23 heavy (non-hydrogen) atoms. The van der Waals surface area contributed by atoms with Gasteiger partial charge in [-0.2, -0.15) is 0 Å². The first-order valence-corrected chi connectivity index (χ1v) is 8.61. The van der Waals surface area contributed by atoms with Crippen molar-refractivity contribution in [2.24, 2.45) is 11.3 Å². The van der Waals surface area contributed by atoms with Gasteiger partial charge in [0.1, 0.15) is 11.9 Å². The first-order chi connectivity index (χ1) is 10.7. The molecule has 2 aliphatic carbocycles. The van der Waals surface area contributed by atoms with E-state index < -0.39 is 0 Å². The van der Waals surface area contributed by atoms with Gasteiger partial charge >= 0.3 is 5.97 Å². The van der Waals surface area contributed by atoms with Crippen molar-refractivity contribution in [1.82, 2.24) is 0 Å². The molecule has 4 rings (SSSR count). The smallest absolute Gasteiger partial charge is 0.310 e. The molecule has 0 unspecified atom stereocenters. The van der Waals surface area contributed by atoms with Crippen LogP contribution >= 0.6 is 0 Å². The highest BCUT2D eigenvalue weighted by Crippen LogP contribution is 2.59. The van der Waals surface area contributed by atoms with Crippen molar-refractivity contribution in [3.63, 3.8) is 0 Å². The monoisotopic (exact) mass is 312 g/mol. The standard InChI is InChI=1S/C20H24O3/c1-11-5-6-13-18-12(11)9-17(22)23-14(18)10-15-19(2,3)16(21)7-8-20(13,15)4/h5-6,14-15H,7-10H2,1-4H3/t14-,15+,20+/m0/s1. The van der Waals surface area contributed by atoms with E-state index >= 15 is 0 Å². The lowest BCUT2D eigenvalue weighted by molar-refractivity contribution is -0.156. The molecule has 3 nitrogen and oxygen atoms in total. The number of esters is 1. The SMILES string of the molecule is Cc1ccc2c3c1CC(=O)O[C@H]3C[C@@H]1C(C)(C)C(=O)CC[C@]21C. The van der Waals surface area contributed by atoms with Crippen LogP contribution in [0, 0.1) is 18.3 Å². The van der Waals surface area contributed by atoms with E-state index in [9.17, 15) is 9.59 Å². The average molecular weight is 312 g/mol. The van der Waals surface area contributed by atoms with E-state index in [1.807, 2.05) is 0 Å². The summed E-state index contributed by atoms with van der Waals surface area (Å²) in [6, 6.07) is 4.36. The number of rotatable bonds is 0. The zero-order valence-electron chi connectivity index (χ0n) is 14.4. The largest absolute Gasteiger partial charge is 0.457 e. The van der Waals surface area contributed by atoms with Gasteiger partial charge in [-0.15, -0.1) is 0 Å². The summed E-state index contributed by atoms with van der Waals surface area (Å²) in [5.41, 5.74) is 4.53. The summed E-state index contributed by atoms with van der Waals surface area (Å²) >= 11 is 0. The van der Waals surface area contributed by atoms with Crippen LogP contribution in [0.2, 0.25) is 0 Å². The van der Waals surface area contributed by atoms with Crippen molar-refractivity contribution in [1.29, 1.82) is 0 Å². The molecule has 1 aliphatic heterocycles. The maximum atomic E-state index is 12.5. The maximum Gasteiger partial charge on any atom is 0.310 e. The molecule has 1 fully saturated rings. The Morgan fingerprint density at radius 3 is 2.65 bits per heavy atom. The minimum atomic E-state index is -0.362. The van der Waals surface area contributed by atoms with Crippen LogP contribution < -0.4 is 0 Å². The van der Waals surface area contributed by atoms with Gasteiger partial charge in [-0.1, -0.05) is 32.9 Å². The molecule has 3 atom stereocenters. The first kappa shape index (κ1) is 14.9. The number of ketones is 1. The van der Waals surface area contributed by atoms with E-state index in [-0.39, 0.29) is 28.8 Å². The number of benzene rings is 1. The van der Waals surface area contributed by atoms with Crippen LogP contribution in [0.5, 0.6) is 0 Å². The lowest BCUT2D eigenvalue weighted by atomic mass is 9.49. The molecule has 0 spiro atoms. The molecule has 1 heterocycles. The Morgan fingerprint density at radius 2 is 1.91 bits per heavy atom. The predicted octanol–water partition coefficient (Wildman–Crippen LogP) is 3.80. The number of hydrogen-bond donors (Lipinski definition) is 0. The Labute approximate surface area is 137 Å². The van der Waals surface area contributed by atoms with Gasteiger partial charge in [0.2, 0.25) is 0 Å². The minimum Gasteiger partial charge on any atom is -0.457 e. The van der Waals surface area contributed by atoms with E-state index in [0.717, 1.165) is 18.4 Å². The second kappa shape index (κ2) is 4.46. The Balaban J connectivity index is 1.96. The van der Waals surface area contributed by atoms with Gasteiger partial charge in [-0.3, -0.25) is 9.59 Å². The van der Waals surface area contributed by atoms with E-state index in [1.54, 1.807) is 0 Å². The second-order valence-corrected chi connectivity index (χ2v) is 8.33. The van der Waals surface area contributed by atoms with Gasteiger partial charge < -0.3 is 4.74 Å². The summed E-state index contributed by atoms with van der Waals surface area (Å²) in [6.07, 6.45) is 2.52. The van der Waals surface area contributed by atoms with Gasteiger partial charge in [-0.05, 0) is 47.8 Å². The van der Waals surface area contributed by atoms with E-state index in [2.05, 4.69) is 39.8 Å². The number of hydrogen-bond acceptors (Lipinski definition) is 3. The van der Waals surface area contributed by atoms with Crippen LogP contribution in [-0.2, 0) is 26.2 Å². The molecule has 0 amide bonds. The van der Waals surface area contributed by atoms with E-state index in [0.29, 0.717) is 18.6 Å². The number of aryl methyl sites for hydroxylation is 1. The molecule has 0 radical (unpaired) electrons. The molecule has 1 aromatic rings. The van der Waals surface area contributed by atoms with Crippen molar-refractivity contribution in [3.8, 4) is 0 Å². The molecule has 0 bridgehead atoms. The van der Waals surface area contributed by atoms with Crippen molar-refractivity contribution >= 4 is 11.8 Å². The molecule has 0 aromatic heterocycles. The molecular formula is C20H24O3. The molecule has 3 aliphatic rings. The van der Waals surface area contributed by atoms with Crippen molar-refractivity contribution in [2.45, 2.75) is 64.9 Å². The lowest BCUT2D eigenvalue weighted by Gasteiger charge is -2.55. The third-order valence-electron chi connectivity index (χ3n) is 6.80. The summed E-state index contributed by atoms with van der Waals surface area (Å²) in [5.74, 6) is 0.430. The zero-order chi connectivity index (χ0) is 16.6. The van der Waals surface area contributed by atoms with Gasteiger partial charge in [0.25, 0.3) is 0 Å². The highest BCUT2D eigenvalue weighted by molar-refractivity contribution is 5.86. The number of carbonyl (C=O) groups is 2. The normalized spacial score (nSPS) is 34.4. The van der Waals surface area contributed by atoms with Gasteiger partial charge in [0.15, 0.2) is 0 Å². The van der Waals surface area contributed by atoms with Crippen LogP contribution in [0.25, 0.3) is 0 Å². The number of Topliss-reactive ketones (excluding diaryl/α,β-unsaturated/α-hetero) is 1. The van der Waals surface area contributed by atoms with Crippen LogP contribution in [0.15, 0.2) is 12.1 Å². The average Bonchev–Trinajstić information content (AvgIpc) is 2.48. The van der Waals surface area contributed by atoms with E-state index in [4.69, 9.17) is 4.74 Å². The molecule has 1 saturated carbocycles. The summed E-state index contributed by atoms with van der Waals surface area (Å²) < 4.78 is 5.72. The fourth-order valence-corrected chi connectivity index (χ4v) is 5.40. The second-order valence-electron chi connectivity index (χ2n) is 8.33. The zero-order valence-corrected chi connectivity index (χ0v) is 14.4. The van der Waals surface area contributed by atoms with Gasteiger partial charge in [0, 0.05) is 17.4 Å². The summed E-state index contributed by atoms with van der Waals surface area (Å²) in [4.78, 5) is 24.6. The number of fused-ring (bicyclic) bond motifs is 2. The van der Waals surface area contributed by atoms with Crippen LogP contribution in [-0.4, -0.2) is 11.8 Å².